The molecule has 4 nitrogen and oxygen atoms in total. The van der Waals surface area contributed by atoms with Gasteiger partial charge in [0.2, 0.25) is 5.91 Å². The maximum Gasteiger partial charge on any atom is 0.293 e. The molecule has 1 fully saturated rings. The van der Waals surface area contributed by atoms with Crippen molar-refractivity contribution in [2.75, 3.05) is 13.2 Å². The first-order valence-corrected chi connectivity index (χ1v) is 7.39. The highest BCUT2D eigenvalue weighted by atomic mass is 16.5. The average Bonchev–Trinajstić information content (AvgIpc) is 2.37. The highest BCUT2D eigenvalue weighted by Gasteiger charge is 2.27. The minimum absolute atomic E-state index is 0.267. The lowest BCUT2D eigenvalue weighted by atomic mass is 10.0. The van der Waals surface area contributed by atoms with Gasteiger partial charge >= 0.3 is 0 Å². The Morgan fingerprint density at radius 1 is 1.33 bits per heavy atom. The SMILES string of the molecule is CCOC=O.Cc1cc(C)cc(CC(=O)N2CCC2C)c1. The van der Waals surface area contributed by atoms with E-state index in [1.54, 1.807) is 6.92 Å². The number of carbonyl (C=O) groups is 2. The van der Waals surface area contributed by atoms with Gasteiger partial charge in [-0.3, -0.25) is 9.59 Å². The number of aryl methyl sites for hydroxylation is 2. The summed E-state index contributed by atoms with van der Waals surface area (Å²) in [6.07, 6.45) is 1.70. The van der Waals surface area contributed by atoms with E-state index in [-0.39, 0.29) is 5.91 Å². The molecule has 0 bridgehead atoms. The molecule has 4 heteroatoms. The molecule has 2 rings (SSSR count). The maximum absolute atomic E-state index is 12.0. The molecular weight excluding hydrogens is 266 g/mol. The fourth-order valence-corrected chi connectivity index (χ4v) is 2.40. The van der Waals surface area contributed by atoms with E-state index in [2.05, 4.69) is 43.7 Å². The molecule has 1 aromatic carbocycles. The largest absolute Gasteiger partial charge is 0.468 e. The maximum atomic E-state index is 12.0. The van der Waals surface area contributed by atoms with Crippen molar-refractivity contribution < 1.29 is 14.3 Å². The van der Waals surface area contributed by atoms with Crippen molar-refractivity contribution in [2.45, 2.75) is 46.6 Å². The number of nitrogens with zero attached hydrogens (tertiary/aromatic N) is 1. The van der Waals surface area contributed by atoms with Crippen LogP contribution in [0.15, 0.2) is 18.2 Å². The lowest BCUT2D eigenvalue weighted by molar-refractivity contribution is -0.137. The van der Waals surface area contributed by atoms with Crippen LogP contribution in [-0.4, -0.2) is 36.5 Å². The van der Waals surface area contributed by atoms with Gasteiger partial charge in [0.05, 0.1) is 13.0 Å². The van der Waals surface area contributed by atoms with Crippen molar-refractivity contribution in [3.05, 3.63) is 34.9 Å². The number of amides is 1. The van der Waals surface area contributed by atoms with E-state index in [9.17, 15) is 9.59 Å². The van der Waals surface area contributed by atoms with Gasteiger partial charge in [-0.2, -0.15) is 0 Å². The topological polar surface area (TPSA) is 46.6 Å². The molecule has 1 unspecified atom stereocenters. The number of ether oxygens (including phenoxy) is 1. The van der Waals surface area contributed by atoms with E-state index in [1.165, 1.54) is 11.1 Å². The van der Waals surface area contributed by atoms with Crippen LogP contribution >= 0.6 is 0 Å². The smallest absolute Gasteiger partial charge is 0.293 e. The normalized spacial score (nSPS) is 16.4. The van der Waals surface area contributed by atoms with Crippen LogP contribution in [0.25, 0.3) is 0 Å². The van der Waals surface area contributed by atoms with Crippen molar-refractivity contribution >= 4 is 12.4 Å². The Morgan fingerprint density at radius 3 is 2.29 bits per heavy atom. The molecule has 0 spiro atoms. The van der Waals surface area contributed by atoms with Gasteiger partial charge in [0, 0.05) is 12.6 Å². The summed E-state index contributed by atoms with van der Waals surface area (Å²) in [4.78, 5) is 23.1. The lowest BCUT2D eigenvalue weighted by Gasteiger charge is -2.38. The first-order valence-electron chi connectivity index (χ1n) is 7.39. The second kappa shape index (κ2) is 8.45. The second-order valence-electron chi connectivity index (χ2n) is 5.45. The van der Waals surface area contributed by atoms with Crippen LogP contribution < -0.4 is 0 Å². The van der Waals surface area contributed by atoms with Gasteiger partial charge in [-0.25, -0.2) is 0 Å². The molecule has 0 N–H and O–H groups in total. The van der Waals surface area contributed by atoms with Crippen molar-refractivity contribution in [3.8, 4) is 0 Å². The molecule has 1 heterocycles. The van der Waals surface area contributed by atoms with Crippen LogP contribution in [-0.2, 0) is 20.7 Å². The summed E-state index contributed by atoms with van der Waals surface area (Å²) in [6, 6.07) is 6.80. The minimum Gasteiger partial charge on any atom is -0.468 e. The third-order valence-corrected chi connectivity index (χ3v) is 3.51. The van der Waals surface area contributed by atoms with Crippen molar-refractivity contribution in [1.82, 2.24) is 4.90 Å². The fraction of sp³-hybridized carbons (Fsp3) is 0.529. The molecule has 1 atom stereocenters. The van der Waals surface area contributed by atoms with Crippen molar-refractivity contribution in [3.63, 3.8) is 0 Å². The zero-order valence-corrected chi connectivity index (χ0v) is 13.4. The Labute approximate surface area is 127 Å². The first-order chi connectivity index (χ1) is 9.97. The molecule has 0 aliphatic carbocycles. The summed E-state index contributed by atoms with van der Waals surface area (Å²) < 4.78 is 4.15. The Kier molecular flexibility index (Phi) is 6.92. The molecule has 0 saturated carbocycles. The van der Waals surface area contributed by atoms with Crippen molar-refractivity contribution in [1.29, 1.82) is 0 Å². The summed E-state index contributed by atoms with van der Waals surface area (Å²) in [6.45, 7) is 9.87. The molecular formula is C17H25NO3. The quantitative estimate of drug-likeness (QED) is 0.801. The van der Waals surface area contributed by atoms with Crippen LogP contribution in [0.5, 0.6) is 0 Å². The minimum atomic E-state index is 0.267. The molecule has 1 aliphatic heterocycles. The van der Waals surface area contributed by atoms with Gasteiger partial charge in [0.25, 0.3) is 6.47 Å². The Morgan fingerprint density at radius 2 is 1.95 bits per heavy atom. The summed E-state index contributed by atoms with van der Waals surface area (Å²) in [7, 11) is 0. The van der Waals surface area contributed by atoms with E-state index in [1.807, 2.05) is 4.90 Å². The highest BCUT2D eigenvalue weighted by Crippen LogP contribution is 2.18. The standard InChI is InChI=1S/C14H19NO.C3H6O2/c1-10-6-11(2)8-13(7-10)9-14(16)15-5-4-12(15)3;1-2-5-3-4/h6-8,12H,4-5,9H2,1-3H3;3H,2H2,1H3. The number of benzene rings is 1. The van der Waals surface area contributed by atoms with Gasteiger partial charge in [0.15, 0.2) is 0 Å². The van der Waals surface area contributed by atoms with E-state index in [4.69, 9.17) is 0 Å². The van der Waals surface area contributed by atoms with Crippen molar-refractivity contribution in [2.24, 2.45) is 0 Å². The van der Waals surface area contributed by atoms with Crippen LogP contribution in [0.3, 0.4) is 0 Å². The molecule has 1 aliphatic rings. The zero-order valence-electron chi connectivity index (χ0n) is 13.4. The third kappa shape index (κ3) is 5.58. The lowest BCUT2D eigenvalue weighted by Crippen LogP contribution is -2.49. The second-order valence-corrected chi connectivity index (χ2v) is 5.45. The van der Waals surface area contributed by atoms with Crippen LogP contribution in [0.2, 0.25) is 0 Å². The molecule has 21 heavy (non-hydrogen) atoms. The third-order valence-electron chi connectivity index (χ3n) is 3.51. The highest BCUT2D eigenvalue weighted by molar-refractivity contribution is 5.79. The summed E-state index contributed by atoms with van der Waals surface area (Å²) >= 11 is 0. The molecule has 116 valence electrons. The van der Waals surface area contributed by atoms with Gasteiger partial charge in [-0.05, 0) is 39.7 Å². The van der Waals surface area contributed by atoms with Crippen LogP contribution in [0.4, 0.5) is 0 Å². The molecule has 1 saturated heterocycles. The number of hydrogen-bond acceptors (Lipinski definition) is 3. The summed E-state index contributed by atoms with van der Waals surface area (Å²) in [5, 5.41) is 0. The zero-order chi connectivity index (χ0) is 15.8. The van der Waals surface area contributed by atoms with Gasteiger partial charge in [-0.15, -0.1) is 0 Å². The molecule has 0 radical (unpaired) electrons. The monoisotopic (exact) mass is 291 g/mol. The average molecular weight is 291 g/mol. The van der Waals surface area contributed by atoms with E-state index < -0.39 is 0 Å². The predicted octanol–water partition coefficient (Wildman–Crippen LogP) is 2.65. The molecule has 0 aromatic heterocycles. The van der Waals surface area contributed by atoms with Crippen LogP contribution in [0, 0.1) is 13.8 Å². The number of likely N-dealkylation sites (tertiary alicyclic amines) is 1. The first kappa shape index (κ1) is 17.2. The number of hydrogen-bond donors (Lipinski definition) is 0. The predicted molar refractivity (Wildman–Crippen MR) is 83.1 cm³/mol. The van der Waals surface area contributed by atoms with E-state index >= 15 is 0 Å². The molecule has 1 aromatic rings. The Hall–Kier alpha value is -1.84. The van der Waals surface area contributed by atoms with Gasteiger partial charge in [0.1, 0.15) is 0 Å². The van der Waals surface area contributed by atoms with E-state index in [0.717, 1.165) is 18.5 Å². The Balaban J connectivity index is 0.000000383. The summed E-state index contributed by atoms with van der Waals surface area (Å²) in [5.74, 6) is 0.267. The van der Waals surface area contributed by atoms with Gasteiger partial charge < -0.3 is 9.64 Å². The van der Waals surface area contributed by atoms with Gasteiger partial charge in [-0.1, -0.05) is 29.3 Å². The molecule has 1 amide bonds. The number of carbonyl (C=O) groups excluding carboxylic acids is 2. The number of rotatable bonds is 4. The van der Waals surface area contributed by atoms with E-state index in [0.29, 0.717) is 25.5 Å². The van der Waals surface area contributed by atoms with Crippen LogP contribution in [0.1, 0.15) is 37.0 Å². The Bertz CT molecular complexity index is 465. The fourth-order valence-electron chi connectivity index (χ4n) is 2.40. The summed E-state index contributed by atoms with van der Waals surface area (Å²) in [5.41, 5.74) is 3.61.